The topological polar surface area (TPSA) is 29.3 Å². The Labute approximate surface area is 132 Å². The number of halogens is 1. The molecule has 2 nitrogen and oxygen atoms in total. The van der Waals surface area contributed by atoms with Gasteiger partial charge in [-0.15, -0.1) is 11.3 Å². The molecule has 1 aliphatic rings. The maximum Gasteiger partial charge on any atom is 0.0526 e. The number of rotatable bonds is 5. The van der Waals surface area contributed by atoms with Gasteiger partial charge in [-0.05, 0) is 48.9 Å². The number of anilines is 1. The van der Waals surface area contributed by atoms with Crippen molar-refractivity contribution >= 4 is 33.0 Å². The molecule has 0 amide bonds. The van der Waals surface area contributed by atoms with Crippen LogP contribution in [0.4, 0.5) is 5.69 Å². The highest BCUT2D eigenvalue weighted by Crippen LogP contribution is 2.38. The summed E-state index contributed by atoms with van der Waals surface area (Å²) >= 11 is 5.42. The molecular formula is C16H19BrN2S. The molecule has 1 fully saturated rings. The Balaban J connectivity index is 1.96. The first kappa shape index (κ1) is 14.1. The molecule has 1 atom stereocenters. The van der Waals surface area contributed by atoms with E-state index >= 15 is 0 Å². The number of hydrogen-bond donors (Lipinski definition) is 1. The minimum atomic E-state index is 0.0580. The van der Waals surface area contributed by atoms with Gasteiger partial charge in [0.15, 0.2) is 0 Å². The Hall–Kier alpha value is -0.840. The molecule has 0 radical (unpaired) electrons. The van der Waals surface area contributed by atoms with Crippen LogP contribution in [0.15, 0.2) is 40.2 Å². The van der Waals surface area contributed by atoms with Crippen molar-refractivity contribution in [3.63, 3.8) is 0 Å². The number of nitrogens with zero attached hydrogens (tertiary/aromatic N) is 1. The third-order valence-corrected chi connectivity index (χ3v) is 5.04. The van der Waals surface area contributed by atoms with E-state index in [1.807, 2.05) is 11.3 Å². The van der Waals surface area contributed by atoms with Gasteiger partial charge in [-0.2, -0.15) is 0 Å². The molecule has 1 heterocycles. The van der Waals surface area contributed by atoms with E-state index in [-0.39, 0.29) is 6.04 Å². The van der Waals surface area contributed by atoms with Crippen LogP contribution in [0.5, 0.6) is 0 Å². The lowest BCUT2D eigenvalue weighted by Gasteiger charge is -2.28. The maximum atomic E-state index is 6.16. The number of thiophene rings is 1. The molecule has 1 unspecified atom stereocenters. The van der Waals surface area contributed by atoms with Crippen molar-refractivity contribution in [1.82, 2.24) is 0 Å². The van der Waals surface area contributed by atoms with Crippen LogP contribution in [0.1, 0.15) is 36.2 Å². The van der Waals surface area contributed by atoms with E-state index in [9.17, 15) is 0 Å². The van der Waals surface area contributed by atoms with E-state index in [2.05, 4.69) is 63.5 Å². The third-order valence-electron chi connectivity index (χ3n) is 3.69. The van der Waals surface area contributed by atoms with Crippen LogP contribution < -0.4 is 10.6 Å². The van der Waals surface area contributed by atoms with Gasteiger partial charge >= 0.3 is 0 Å². The summed E-state index contributed by atoms with van der Waals surface area (Å²) < 4.78 is 1.12. The molecule has 0 aliphatic heterocycles. The molecule has 1 aliphatic carbocycles. The van der Waals surface area contributed by atoms with Gasteiger partial charge in [0.2, 0.25) is 0 Å². The van der Waals surface area contributed by atoms with Crippen LogP contribution in [0, 0.1) is 0 Å². The first-order valence-electron chi connectivity index (χ1n) is 6.99. The average Bonchev–Trinajstić information content (AvgIpc) is 3.12. The van der Waals surface area contributed by atoms with Crippen LogP contribution in [0.2, 0.25) is 0 Å². The fraction of sp³-hybridized carbons (Fsp3) is 0.375. The zero-order valence-corrected chi connectivity index (χ0v) is 14.0. The van der Waals surface area contributed by atoms with E-state index in [4.69, 9.17) is 5.73 Å². The number of hydrogen-bond acceptors (Lipinski definition) is 3. The maximum absolute atomic E-state index is 6.16. The third kappa shape index (κ3) is 3.08. The largest absolute Gasteiger partial charge is 0.363 e. The van der Waals surface area contributed by atoms with E-state index < -0.39 is 0 Å². The highest BCUT2D eigenvalue weighted by Gasteiger charge is 2.31. The molecule has 1 aromatic carbocycles. The lowest BCUT2D eigenvalue weighted by molar-refractivity contribution is 0.762. The van der Waals surface area contributed by atoms with Gasteiger partial charge in [0.1, 0.15) is 0 Å². The van der Waals surface area contributed by atoms with Gasteiger partial charge in [0.05, 0.1) is 6.54 Å². The molecule has 0 spiro atoms. The van der Waals surface area contributed by atoms with Crippen LogP contribution in [0.25, 0.3) is 0 Å². The Bertz CT molecular complexity index is 576. The van der Waals surface area contributed by atoms with Gasteiger partial charge in [-0.1, -0.05) is 28.1 Å². The van der Waals surface area contributed by atoms with Crippen LogP contribution in [-0.4, -0.2) is 6.04 Å². The van der Waals surface area contributed by atoms with E-state index in [1.165, 1.54) is 29.0 Å². The van der Waals surface area contributed by atoms with Gasteiger partial charge in [-0.25, -0.2) is 0 Å². The fourth-order valence-electron chi connectivity index (χ4n) is 2.52. The Morgan fingerprint density at radius 2 is 2.20 bits per heavy atom. The lowest BCUT2D eigenvalue weighted by Crippen LogP contribution is -2.26. The Morgan fingerprint density at radius 3 is 2.80 bits per heavy atom. The zero-order chi connectivity index (χ0) is 14.1. The first-order chi connectivity index (χ1) is 9.65. The number of benzene rings is 1. The normalized spacial score (nSPS) is 16.1. The summed E-state index contributed by atoms with van der Waals surface area (Å²) in [5.41, 5.74) is 8.67. The smallest absolute Gasteiger partial charge is 0.0526 e. The summed E-state index contributed by atoms with van der Waals surface area (Å²) in [4.78, 5) is 3.93. The van der Waals surface area contributed by atoms with Crippen molar-refractivity contribution < 1.29 is 0 Å². The minimum absolute atomic E-state index is 0.0580. The highest BCUT2D eigenvalue weighted by atomic mass is 79.9. The van der Waals surface area contributed by atoms with Crippen LogP contribution in [-0.2, 0) is 6.54 Å². The molecule has 20 heavy (non-hydrogen) atoms. The predicted molar refractivity (Wildman–Crippen MR) is 90.3 cm³/mol. The summed E-state index contributed by atoms with van der Waals surface area (Å²) in [5.74, 6) is 0. The number of nitrogens with two attached hydrogens (primary N) is 1. The summed E-state index contributed by atoms with van der Waals surface area (Å²) in [6.07, 6.45) is 2.58. The second kappa shape index (κ2) is 5.88. The van der Waals surface area contributed by atoms with Crippen molar-refractivity contribution in [2.75, 3.05) is 4.90 Å². The molecule has 2 N–H and O–H groups in total. The molecule has 0 saturated heterocycles. The summed E-state index contributed by atoms with van der Waals surface area (Å²) in [5, 5.41) is 2.15. The first-order valence-corrected chi connectivity index (χ1v) is 8.66. The van der Waals surface area contributed by atoms with E-state index in [0.717, 1.165) is 11.0 Å². The molecule has 4 heteroatoms. The standard InChI is InChI=1S/C16H19BrN2S/c1-11(18)15-7-4-12(17)9-16(15)19(13-5-6-13)10-14-3-2-8-20-14/h2-4,7-9,11,13H,5-6,10,18H2,1H3. The van der Waals surface area contributed by atoms with Gasteiger partial charge in [0, 0.05) is 27.1 Å². The SMILES string of the molecule is CC(N)c1ccc(Br)cc1N(Cc1cccs1)C1CC1. The van der Waals surface area contributed by atoms with Crippen molar-refractivity contribution in [2.24, 2.45) is 5.73 Å². The van der Waals surface area contributed by atoms with Crippen molar-refractivity contribution in [1.29, 1.82) is 0 Å². The quantitative estimate of drug-likeness (QED) is 0.846. The predicted octanol–water partition coefficient (Wildman–Crippen LogP) is 4.70. The summed E-state index contributed by atoms with van der Waals surface area (Å²) in [7, 11) is 0. The average molecular weight is 351 g/mol. The van der Waals surface area contributed by atoms with Gasteiger partial charge < -0.3 is 10.6 Å². The summed E-state index contributed by atoms with van der Waals surface area (Å²) in [6.45, 7) is 3.04. The van der Waals surface area contributed by atoms with E-state index in [0.29, 0.717) is 6.04 Å². The Kier molecular flexibility index (Phi) is 4.15. The van der Waals surface area contributed by atoms with Crippen molar-refractivity contribution in [3.8, 4) is 0 Å². The molecular weight excluding hydrogens is 332 g/mol. The van der Waals surface area contributed by atoms with Crippen molar-refractivity contribution in [3.05, 3.63) is 50.6 Å². The minimum Gasteiger partial charge on any atom is -0.363 e. The van der Waals surface area contributed by atoms with Crippen LogP contribution >= 0.6 is 27.3 Å². The van der Waals surface area contributed by atoms with Gasteiger partial charge in [0.25, 0.3) is 0 Å². The molecule has 1 saturated carbocycles. The zero-order valence-electron chi connectivity index (χ0n) is 11.6. The highest BCUT2D eigenvalue weighted by molar-refractivity contribution is 9.10. The van der Waals surface area contributed by atoms with E-state index in [1.54, 1.807) is 0 Å². The monoisotopic (exact) mass is 350 g/mol. The molecule has 1 aromatic heterocycles. The van der Waals surface area contributed by atoms with Crippen LogP contribution in [0.3, 0.4) is 0 Å². The Morgan fingerprint density at radius 1 is 1.40 bits per heavy atom. The lowest BCUT2D eigenvalue weighted by atomic mass is 10.1. The molecule has 106 valence electrons. The fourth-order valence-corrected chi connectivity index (χ4v) is 3.57. The molecule has 0 bridgehead atoms. The molecule has 3 rings (SSSR count). The second-order valence-corrected chi connectivity index (χ2v) is 7.38. The summed E-state index contributed by atoms with van der Waals surface area (Å²) in [6, 6.07) is 11.5. The second-order valence-electron chi connectivity index (χ2n) is 5.43. The molecule has 2 aromatic rings. The van der Waals surface area contributed by atoms with Crippen molar-refractivity contribution in [2.45, 2.75) is 38.4 Å². The van der Waals surface area contributed by atoms with Gasteiger partial charge in [-0.3, -0.25) is 0 Å².